The predicted molar refractivity (Wildman–Crippen MR) is 72.6 cm³/mol. The summed E-state index contributed by atoms with van der Waals surface area (Å²) in [5.74, 6) is -1.32. The summed E-state index contributed by atoms with van der Waals surface area (Å²) in [7, 11) is 0. The molecular formula is C14H19NO5. The van der Waals surface area contributed by atoms with Crippen molar-refractivity contribution in [1.82, 2.24) is 5.32 Å². The Morgan fingerprint density at radius 3 is 2.70 bits per heavy atom. The van der Waals surface area contributed by atoms with Crippen LogP contribution in [0.2, 0.25) is 0 Å². The van der Waals surface area contributed by atoms with E-state index in [0.29, 0.717) is 19.4 Å². The molecule has 1 aromatic carbocycles. The quantitative estimate of drug-likeness (QED) is 0.626. The molecule has 0 aliphatic heterocycles. The molecule has 1 rings (SSSR count). The number of aliphatic carboxylic acids is 1. The van der Waals surface area contributed by atoms with Crippen molar-refractivity contribution in [2.45, 2.75) is 19.8 Å². The van der Waals surface area contributed by atoms with Gasteiger partial charge in [-0.3, -0.25) is 9.59 Å². The minimum absolute atomic E-state index is 0.0180. The molecule has 0 aromatic heterocycles. The van der Waals surface area contributed by atoms with Crippen LogP contribution < -0.4 is 10.1 Å². The molecule has 0 bridgehead atoms. The zero-order chi connectivity index (χ0) is 15.0. The van der Waals surface area contributed by atoms with Crippen molar-refractivity contribution < 1.29 is 24.5 Å². The third-order valence-electron chi connectivity index (χ3n) is 2.78. The zero-order valence-electron chi connectivity index (χ0n) is 11.3. The Hall–Kier alpha value is -2.24. The van der Waals surface area contributed by atoms with Gasteiger partial charge in [-0.2, -0.15) is 0 Å². The average Bonchev–Trinajstić information content (AvgIpc) is 2.42. The monoisotopic (exact) mass is 281 g/mol. The number of phenolic OH excluding ortho intramolecular Hbond substituents is 1. The molecule has 110 valence electrons. The van der Waals surface area contributed by atoms with Gasteiger partial charge in [0, 0.05) is 6.54 Å². The topological polar surface area (TPSA) is 95.9 Å². The van der Waals surface area contributed by atoms with E-state index in [1.807, 2.05) is 0 Å². The highest BCUT2D eigenvalue weighted by molar-refractivity contribution is 5.77. The molecule has 1 atom stereocenters. The number of benzene rings is 1. The molecule has 0 saturated heterocycles. The highest BCUT2D eigenvalue weighted by Crippen LogP contribution is 2.23. The molecule has 0 radical (unpaired) electrons. The highest BCUT2D eigenvalue weighted by atomic mass is 16.5. The third kappa shape index (κ3) is 5.60. The van der Waals surface area contributed by atoms with E-state index < -0.39 is 11.9 Å². The van der Waals surface area contributed by atoms with Crippen molar-refractivity contribution in [3.63, 3.8) is 0 Å². The van der Waals surface area contributed by atoms with Gasteiger partial charge < -0.3 is 20.3 Å². The number of hydrogen-bond acceptors (Lipinski definition) is 4. The lowest BCUT2D eigenvalue weighted by molar-refractivity contribution is -0.141. The third-order valence-corrected chi connectivity index (χ3v) is 2.78. The summed E-state index contributed by atoms with van der Waals surface area (Å²) in [6.45, 7) is 1.85. The molecule has 1 aromatic rings. The fourth-order valence-electron chi connectivity index (χ4n) is 1.53. The van der Waals surface area contributed by atoms with Gasteiger partial charge in [-0.15, -0.1) is 0 Å². The second kappa shape index (κ2) is 8.04. The van der Waals surface area contributed by atoms with Gasteiger partial charge in [0.2, 0.25) is 0 Å². The van der Waals surface area contributed by atoms with Crippen molar-refractivity contribution >= 4 is 11.9 Å². The van der Waals surface area contributed by atoms with Crippen LogP contribution in [0.5, 0.6) is 11.5 Å². The molecule has 6 nitrogen and oxygen atoms in total. The van der Waals surface area contributed by atoms with Gasteiger partial charge in [-0.05, 0) is 25.0 Å². The largest absolute Gasteiger partial charge is 0.504 e. The number of nitrogens with one attached hydrogen (secondary N) is 1. The Morgan fingerprint density at radius 1 is 1.35 bits per heavy atom. The SMILES string of the molecule is CC(CCCNC(=O)COc1ccccc1O)C(=O)O. The van der Waals surface area contributed by atoms with Gasteiger partial charge in [-0.1, -0.05) is 19.1 Å². The minimum Gasteiger partial charge on any atom is -0.504 e. The molecular weight excluding hydrogens is 262 g/mol. The van der Waals surface area contributed by atoms with E-state index in [2.05, 4.69) is 5.32 Å². The first-order valence-corrected chi connectivity index (χ1v) is 6.41. The molecule has 0 spiro atoms. The lowest BCUT2D eigenvalue weighted by atomic mass is 10.1. The van der Waals surface area contributed by atoms with E-state index in [9.17, 15) is 14.7 Å². The average molecular weight is 281 g/mol. The zero-order valence-corrected chi connectivity index (χ0v) is 11.3. The standard InChI is InChI=1S/C14H19NO5/c1-10(14(18)19)5-4-8-15-13(17)9-20-12-7-3-2-6-11(12)16/h2-3,6-7,10,16H,4-5,8-9H2,1H3,(H,15,17)(H,18,19). The Kier molecular flexibility index (Phi) is 6.36. The van der Waals surface area contributed by atoms with Crippen molar-refractivity contribution in [3.8, 4) is 11.5 Å². The van der Waals surface area contributed by atoms with Crippen molar-refractivity contribution in [2.75, 3.05) is 13.2 Å². The molecule has 20 heavy (non-hydrogen) atoms. The van der Waals surface area contributed by atoms with E-state index >= 15 is 0 Å². The number of carboxylic acids is 1. The van der Waals surface area contributed by atoms with Gasteiger partial charge >= 0.3 is 5.97 Å². The maximum atomic E-state index is 11.5. The number of hydrogen-bond donors (Lipinski definition) is 3. The van der Waals surface area contributed by atoms with Crippen LogP contribution in [0, 0.1) is 5.92 Å². The minimum atomic E-state index is -0.834. The highest BCUT2D eigenvalue weighted by Gasteiger charge is 2.10. The first kappa shape index (κ1) is 15.8. The van der Waals surface area contributed by atoms with Crippen molar-refractivity contribution in [3.05, 3.63) is 24.3 Å². The summed E-state index contributed by atoms with van der Waals surface area (Å²) in [6, 6.07) is 6.39. The Balaban J connectivity index is 2.18. The molecule has 0 heterocycles. The van der Waals surface area contributed by atoms with Crippen LogP contribution in [0.25, 0.3) is 0 Å². The summed E-state index contributed by atoms with van der Waals surface area (Å²) >= 11 is 0. The maximum absolute atomic E-state index is 11.5. The molecule has 3 N–H and O–H groups in total. The summed E-state index contributed by atoms with van der Waals surface area (Å²) in [5.41, 5.74) is 0. The normalized spacial score (nSPS) is 11.7. The van der Waals surface area contributed by atoms with Crippen LogP contribution in [-0.4, -0.2) is 35.2 Å². The van der Waals surface area contributed by atoms with E-state index in [1.54, 1.807) is 25.1 Å². The summed E-state index contributed by atoms with van der Waals surface area (Å²) < 4.78 is 5.16. The summed E-state index contributed by atoms with van der Waals surface area (Å²) in [5, 5.41) is 20.8. The smallest absolute Gasteiger partial charge is 0.306 e. The van der Waals surface area contributed by atoms with Crippen molar-refractivity contribution in [2.24, 2.45) is 5.92 Å². The van der Waals surface area contributed by atoms with Gasteiger partial charge in [-0.25, -0.2) is 0 Å². The van der Waals surface area contributed by atoms with Crippen LogP contribution in [0.4, 0.5) is 0 Å². The molecule has 0 aliphatic carbocycles. The van der Waals surface area contributed by atoms with E-state index in [0.717, 1.165) is 0 Å². The number of carbonyl (C=O) groups is 2. The van der Waals surface area contributed by atoms with Gasteiger partial charge in [0.25, 0.3) is 5.91 Å². The van der Waals surface area contributed by atoms with E-state index in [4.69, 9.17) is 9.84 Å². The molecule has 0 fully saturated rings. The number of phenols is 1. The second-order valence-electron chi connectivity index (χ2n) is 4.49. The molecule has 0 saturated carbocycles. The predicted octanol–water partition coefficient (Wildman–Crippen LogP) is 1.39. The van der Waals surface area contributed by atoms with Crippen LogP contribution in [0.15, 0.2) is 24.3 Å². The number of para-hydroxylation sites is 2. The van der Waals surface area contributed by atoms with E-state index in [1.165, 1.54) is 6.07 Å². The molecule has 6 heteroatoms. The fraction of sp³-hybridized carbons (Fsp3) is 0.429. The van der Waals surface area contributed by atoms with Crippen LogP contribution in [-0.2, 0) is 9.59 Å². The van der Waals surface area contributed by atoms with Gasteiger partial charge in [0.05, 0.1) is 5.92 Å². The summed E-state index contributed by atoms with van der Waals surface area (Å²) in [6.07, 6.45) is 1.10. The number of rotatable bonds is 8. The number of carbonyl (C=O) groups excluding carboxylic acids is 1. The number of aromatic hydroxyl groups is 1. The number of carboxylic acid groups (broad SMARTS) is 1. The van der Waals surface area contributed by atoms with Gasteiger partial charge in [0.1, 0.15) is 0 Å². The van der Waals surface area contributed by atoms with Crippen molar-refractivity contribution in [1.29, 1.82) is 0 Å². The first-order chi connectivity index (χ1) is 9.50. The van der Waals surface area contributed by atoms with Crippen LogP contribution in [0.3, 0.4) is 0 Å². The molecule has 1 amide bonds. The Labute approximate surface area is 117 Å². The van der Waals surface area contributed by atoms with E-state index in [-0.39, 0.29) is 24.0 Å². The maximum Gasteiger partial charge on any atom is 0.306 e. The van der Waals surface area contributed by atoms with Gasteiger partial charge in [0.15, 0.2) is 18.1 Å². The fourth-order valence-corrected chi connectivity index (χ4v) is 1.53. The first-order valence-electron chi connectivity index (χ1n) is 6.41. The lowest BCUT2D eigenvalue weighted by Crippen LogP contribution is -2.30. The Morgan fingerprint density at radius 2 is 2.05 bits per heavy atom. The van der Waals surface area contributed by atoms with Crippen LogP contribution in [0.1, 0.15) is 19.8 Å². The Bertz CT molecular complexity index is 461. The number of ether oxygens (including phenoxy) is 1. The number of amides is 1. The summed E-state index contributed by atoms with van der Waals surface area (Å²) in [4.78, 5) is 22.1. The molecule has 1 unspecified atom stereocenters. The lowest BCUT2D eigenvalue weighted by Gasteiger charge is -2.09. The second-order valence-corrected chi connectivity index (χ2v) is 4.49. The molecule has 0 aliphatic rings. The van der Waals surface area contributed by atoms with Crippen LogP contribution >= 0.6 is 0 Å².